The van der Waals surface area contributed by atoms with E-state index in [0.29, 0.717) is 25.9 Å². The maximum Gasteiger partial charge on any atom is 0.305 e. The lowest BCUT2D eigenvalue weighted by molar-refractivity contribution is -0.143. The predicted octanol–water partition coefficient (Wildman–Crippen LogP) is 22.2. The molecular weight excluding hydrogens is 923 g/mol. The molecule has 6 heteroatoms. The third-order valence-electron chi connectivity index (χ3n) is 16.7. The van der Waals surface area contributed by atoms with Gasteiger partial charge < -0.3 is 20.3 Å². The standard InChI is InChI=1S/C69H137NO5/c1-3-5-7-9-11-13-15-17-19-20-28-32-35-39-43-47-51-55-59-63-69(74)75-64-60-56-52-48-44-40-36-33-30-27-25-23-21-22-24-26-29-31-34-38-42-46-50-54-58-62-68(73)70-66(65-71)67(72)61-57-53-49-45-41-37-18-16-14-12-10-8-6-4-2/h66-67,71-72H,3-65H2,1-2H3,(H,70,73). The van der Waals surface area contributed by atoms with Crippen LogP contribution >= 0.6 is 0 Å². The fourth-order valence-corrected chi connectivity index (χ4v) is 11.4. The van der Waals surface area contributed by atoms with Crippen molar-refractivity contribution in [1.29, 1.82) is 0 Å². The zero-order chi connectivity index (χ0) is 54.3. The first-order valence-electron chi connectivity index (χ1n) is 34.8. The van der Waals surface area contributed by atoms with Crippen LogP contribution in [0.2, 0.25) is 0 Å². The van der Waals surface area contributed by atoms with Crippen LogP contribution in [-0.2, 0) is 14.3 Å². The number of hydrogen-bond donors (Lipinski definition) is 3. The van der Waals surface area contributed by atoms with Gasteiger partial charge in [0.05, 0.1) is 25.4 Å². The summed E-state index contributed by atoms with van der Waals surface area (Å²) in [6.45, 7) is 5.00. The van der Waals surface area contributed by atoms with Crippen LogP contribution < -0.4 is 5.32 Å². The van der Waals surface area contributed by atoms with Gasteiger partial charge in [-0.2, -0.15) is 0 Å². The zero-order valence-electron chi connectivity index (χ0n) is 51.3. The number of nitrogens with one attached hydrogen (secondary N) is 1. The number of esters is 1. The lowest BCUT2D eigenvalue weighted by Crippen LogP contribution is -2.45. The number of ether oxygens (including phenoxy) is 1. The van der Waals surface area contributed by atoms with E-state index in [1.54, 1.807) is 0 Å². The lowest BCUT2D eigenvalue weighted by atomic mass is 10.0. The van der Waals surface area contributed by atoms with Crippen LogP contribution in [0.25, 0.3) is 0 Å². The molecule has 0 aliphatic heterocycles. The summed E-state index contributed by atoms with van der Waals surface area (Å²) in [5.41, 5.74) is 0. The van der Waals surface area contributed by atoms with E-state index in [0.717, 1.165) is 38.5 Å². The van der Waals surface area contributed by atoms with Gasteiger partial charge in [0.15, 0.2) is 0 Å². The molecular formula is C69H137NO5. The molecule has 3 N–H and O–H groups in total. The van der Waals surface area contributed by atoms with Gasteiger partial charge >= 0.3 is 5.97 Å². The Balaban J connectivity index is 3.32. The molecule has 0 radical (unpaired) electrons. The summed E-state index contributed by atoms with van der Waals surface area (Å²) in [6, 6.07) is -0.538. The number of aliphatic hydroxyl groups excluding tert-OH is 2. The smallest absolute Gasteiger partial charge is 0.305 e. The molecule has 2 unspecified atom stereocenters. The minimum Gasteiger partial charge on any atom is -0.466 e. The Morgan fingerprint density at radius 3 is 0.813 bits per heavy atom. The number of rotatable bonds is 66. The van der Waals surface area contributed by atoms with Gasteiger partial charge in [-0.1, -0.05) is 367 Å². The monoisotopic (exact) mass is 1060 g/mol. The summed E-state index contributed by atoms with van der Waals surface area (Å²) in [5, 5.41) is 23.3. The first-order valence-corrected chi connectivity index (χ1v) is 34.8. The quantitative estimate of drug-likeness (QED) is 0.0417. The van der Waals surface area contributed by atoms with Gasteiger partial charge in [0.2, 0.25) is 5.91 Å². The summed E-state index contributed by atoms with van der Waals surface area (Å²) in [7, 11) is 0. The first kappa shape index (κ1) is 73.9. The second-order valence-electron chi connectivity index (χ2n) is 24.2. The van der Waals surface area contributed by atoms with E-state index >= 15 is 0 Å². The van der Waals surface area contributed by atoms with E-state index in [2.05, 4.69) is 19.2 Å². The van der Waals surface area contributed by atoms with Crippen LogP contribution in [0.3, 0.4) is 0 Å². The van der Waals surface area contributed by atoms with Crippen LogP contribution in [0.5, 0.6) is 0 Å². The average molecular weight is 1060 g/mol. The Labute approximate surface area is 470 Å². The largest absolute Gasteiger partial charge is 0.466 e. The van der Waals surface area contributed by atoms with E-state index in [9.17, 15) is 19.8 Å². The Hall–Kier alpha value is -1.14. The molecule has 0 bridgehead atoms. The van der Waals surface area contributed by atoms with Crippen molar-refractivity contribution in [2.24, 2.45) is 0 Å². The number of hydrogen-bond acceptors (Lipinski definition) is 5. The zero-order valence-corrected chi connectivity index (χ0v) is 51.3. The fraction of sp³-hybridized carbons (Fsp3) is 0.971. The van der Waals surface area contributed by atoms with E-state index in [4.69, 9.17) is 4.74 Å². The summed E-state index contributed by atoms with van der Waals surface area (Å²) in [6.07, 6.45) is 78.6. The van der Waals surface area contributed by atoms with Gasteiger partial charge in [0.1, 0.15) is 0 Å². The van der Waals surface area contributed by atoms with Crippen LogP contribution in [0.4, 0.5) is 0 Å². The van der Waals surface area contributed by atoms with Crippen molar-refractivity contribution in [3.63, 3.8) is 0 Å². The van der Waals surface area contributed by atoms with Crippen LogP contribution in [0.1, 0.15) is 406 Å². The molecule has 0 spiro atoms. The van der Waals surface area contributed by atoms with Crippen molar-refractivity contribution < 1.29 is 24.5 Å². The molecule has 0 fully saturated rings. The van der Waals surface area contributed by atoms with Crippen molar-refractivity contribution >= 4 is 11.9 Å². The molecule has 0 aliphatic rings. The molecule has 0 aromatic heterocycles. The molecule has 0 aliphatic carbocycles. The Bertz CT molecular complexity index is 1080. The highest BCUT2D eigenvalue weighted by molar-refractivity contribution is 5.76. The first-order chi connectivity index (χ1) is 37.0. The molecule has 448 valence electrons. The molecule has 6 nitrogen and oxygen atoms in total. The highest BCUT2D eigenvalue weighted by Gasteiger charge is 2.20. The summed E-state index contributed by atoms with van der Waals surface area (Å²) >= 11 is 0. The SMILES string of the molecule is CCCCCCCCCCCCCCCCCCCCCC(=O)OCCCCCCCCCCCCCCCCCCCCCCCCCCCC(=O)NC(CO)C(O)CCCCCCCCCCCCCCCC. The predicted molar refractivity (Wildman–Crippen MR) is 329 cm³/mol. The Kier molecular flexibility index (Phi) is 64.4. The second kappa shape index (κ2) is 65.4. The summed E-state index contributed by atoms with van der Waals surface area (Å²) in [4.78, 5) is 24.6. The number of unbranched alkanes of at least 4 members (excludes halogenated alkanes) is 55. The molecule has 75 heavy (non-hydrogen) atoms. The van der Waals surface area contributed by atoms with E-state index in [1.165, 1.54) is 334 Å². The maximum atomic E-state index is 12.5. The van der Waals surface area contributed by atoms with Gasteiger partial charge in [-0.05, 0) is 25.7 Å². The summed E-state index contributed by atoms with van der Waals surface area (Å²) < 4.78 is 5.51. The average Bonchev–Trinajstić information content (AvgIpc) is 3.41. The van der Waals surface area contributed by atoms with Gasteiger partial charge in [-0.15, -0.1) is 0 Å². The molecule has 0 saturated carbocycles. The summed E-state index contributed by atoms with van der Waals surface area (Å²) in [5.74, 6) is -0.00743. The molecule has 0 heterocycles. The highest BCUT2D eigenvalue weighted by atomic mass is 16.5. The number of aliphatic hydroxyl groups is 2. The van der Waals surface area contributed by atoms with Gasteiger partial charge in [-0.3, -0.25) is 9.59 Å². The molecule has 0 saturated heterocycles. The van der Waals surface area contributed by atoms with Crippen molar-refractivity contribution in [3.8, 4) is 0 Å². The topological polar surface area (TPSA) is 95.9 Å². The fourth-order valence-electron chi connectivity index (χ4n) is 11.4. The minimum absolute atomic E-state index is 0.0225. The normalized spacial score (nSPS) is 12.4. The van der Waals surface area contributed by atoms with Crippen molar-refractivity contribution in [2.45, 2.75) is 418 Å². The van der Waals surface area contributed by atoms with Crippen LogP contribution in [0, 0.1) is 0 Å². The Morgan fingerprint density at radius 2 is 0.547 bits per heavy atom. The molecule has 0 rings (SSSR count). The lowest BCUT2D eigenvalue weighted by Gasteiger charge is -2.22. The number of carbonyl (C=O) groups is 2. The van der Waals surface area contributed by atoms with Crippen LogP contribution in [0.15, 0.2) is 0 Å². The molecule has 0 aromatic rings. The van der Waals surface area contributed by atoms with E-state index in [-0.39, 0.29) is 18.5 Å². The van der Waals surface area contributed by atoms with Crippen molar-refractivity contribution in [1.82, 2.24) is 5.32 Å². The van der Waals surface area contributed by atoms with E-state index in [1.807, 2.05) is 0 Å². The number of carbonyl (C=O) groups excluding carboxylic acids is 2. The molecule has 2 atom stereocenters. The Morgan fingerprint density at radius 1 is 0.320 bits per heavy atom. The van der Waals surface area contributed by atoms with Gasteiger partial charge in [0, 0.05) is 12.8 Å². The number of amides is 1. The third-order valence-corrected chi connectivity index (χ3v) is 16.7. The van der Waals surface area contributed by atoms with Crippen molar-refractivity contribution in [2.75, 3.05) is 13.2 Å². The third kappa shape index (κ3) is 61.9. The maximum absolute atomic E-state index is 12.5. The van der Waals surface area contributed by atoms with Gasteiger partial charge in [-0.25, -0.2) is 0 Å². The van der Waals surface area contributed by atoms with Gasteiger partial charge in [0.25, 0.3) is 0 Å². The second-order valence-corrected chi connectivity index (χ2v) is 24.2. The van der Waals surface area contributed by atoms with Crippen LogP contribution in [-0.4, -0.2) is 47.4 Å². The molecule has 1 amide bonds. The molecule has 0 aromatic carbocycles. The highest BCUT2D eigenvalue weighted by Crippen LogP contribution is 2.19. The van der Waals surface area contributed by atoms with E-state index < -0.39 is 12.1 Å². The minimum atomic E-state index is -0.661. The van der Waals surface area contributed by atoms with Crippen molar-refractivity contribution in [3.05, 3.63) is 0 Å².